The number of aliphatic imine (C=N–C) groups is 1. The van der Waals surface area contributed by atoms with Gasteiger partial charge in [-0.15, -0.1) is 11.8 Å². The van der Waals surface area contributed by atoms with Crippen molar-refractivity contribution in [2.75, 3.05) is 26.7 Å². The van der Waals surface area contributed by atoms with Crippen molar-refractivity contribution in [3.8, 4) is 0 Å². The van der Waals surface area contributed by atoms with Gasteiger partial charge in [-0.25, -0.2) is 0 Å². The summed E-state index contributed by atoms with van der Waals surface area (Å²) in [5.41, 5.74) is 0. The van der Waals surface area contributed by atoms with E-state index in [0.29, 0.717) is 30.1 Å². The SMILES string of the molecule is CN=C(NCCNC(=O)c1ccco1)NCC(C)Sc1ccccc1. The number of benzene rings is 1. The van der Waals surface area contributed by atoms with Crippen LogP contribution in [-0.2, 0) is 0 Å². The number of hydrogen-bond acceptors (Lipinski definition) is 4. The van der Waals surface area contributed by atoms with Crippen LogP contribution in [0.5, 0.6) is 0 Å². The Bertz CT molecular complexity index is 659. The van der Waals surface area contributed by atoms with Gasteiger partial charge in [-0.05, 0) is 24.3 Å². The average molecular weight is 360 g/mol. The fraction of sp³-hybridized carbons (Fsp3) is 0.333. The van der Waals surface area contributed by atoms with E-state index in [1.165, 1.54) is 11.2 Å². The summed E-state index contributed by atoms with van der Waals surface area (Å²) in [7, 11) is 1.73. The first-order valence-electron chi connectivity index (χ1n) is 8.17. The summed E-state index contributed by atoms with van der Waals surface area (Å²) in [6, 6.07) is 13.6. The van der Waals surface area contributed by atoms with Gasteiger partial charge in [-0.2, -0.15) is 0 Å². The third-order valence-electron chi connectivity index (χ3n) is 3.31. The van der Waals surface area contributed by atoms with Gasteiger partial charge in [0.2, 0.25) is 0 Å². The van der Waals surface area contributed by atoms with Crippen LogP contribution < -0.4 is 16.0 Å². The van der Waals surface area contributed by atoms with Gasteiger partial charge in [0, 0.05) is 36.8 Å². The second kappa shape index (κ2) is 10.5. The predicted molar refractivity (Wildman–Crippen MR) is 102 cm³/mol. The second-order valence-electron chi connectivity index (χ2n) is 5.35. The first-order chi connectivity index (χ1) is 12.2. The summed E-state index contributed by atoms with van der Waals surface area (Å²) in [6.45, 7) is 4.01. The van der Waals surface area contributed by atoms with Gasteiger partial charge in [0.1, 0.15) is 0 Å². The Kier molecular flexibility index (Phi) is 7.91. The van der Waals surface area contributed by atoms with Crippen molar-refractivity contribution in [2.45, 2.75) is 17.1 Å². The molecule has 0 saturated heterocycles. The first-order valence-corrected chi connectivity index (χ1v) is 9.05. The highest BCUT2D eigenvalue weighted by molar-refractivity contribution is 8.00. The second-order valence-corrected chi connectivity index (χ2v) is 6.87. The molecule has 0 fully saturated rings. The molecule has 1 atom stereocenters. The minimum absolute atomic E-state index is 0.220. The van der Waals surface area contributed by atoms with Crippen molar-refractivity contribution in [2.24, 2.45) is 4.99 Å². The van der Waals surface area contributed by atoms with Crippen molar-refractivity contribution in [1.29, 1.82) is 0 Å². The molecule has 0 aliphatic rings. The van der Waals surface area contributed by atoms with Crippen molar-refractivity contribution in [3.63, 3.8) is 0 Å². The van der Waals surface area contributed by atoms with E-state index < -0.39 is 0 Å². The van der Waals surface area contributed by atoms with Gasteiger partial charge < -0.3 is 20.4 Å². The number of hydrogen-bond donors (Lipinski definition) is 3. The fourth-order valence-corrected chi connectivity index (χ4v) is 3.03. The highest BCUT2D eigenvalue weighted by atomic mass is 32.2. The van der Waals surface area contributed by atoms with Gasteiger partial charge in [-0.1, -0.05) is 25.1 Å². The van der Waals surface area contributed by atoms with E-state index >= 15 is 0 Å². The average Bonchev–Trinajstić information content (AvgIpc) is 3.16. The lowest BCUT2D eigenvalue weighted by atomic mass is 10.4. The van der Waals surface area contributed by atoms with Crippen molar-refractivity contribution in [1.82, 2.24) is 16.0 Å². The quantitative estimate of drug-likeness (QED) is 0.291. The summed E-state index contributed by atoms with van der Waals surface area (Å²) >= 11 is 1.81. The zero-order valence-electron chi connectivity index (χ0n) is 14.5. The molecule has 7 heteroatoms. The maximum atomic E-state index is 11.7. The molecule has 25 heavy (non-hydrogen) atoms. The van der Waals surface area contributed by atoms with Crippen LogP contribution in [0.1, 0.15) is 17.5 Å². The molecule has 0 aliphatic heterocycles. The number of thioether (sulfide) groups is 1. The first kappa shape index (κ1) is 18.9. The van der Waals surface area contributed by atoms with E-state index in [1.54, 1.807) is 19.2 Å². The molecule has 2 rings (SSSR count). The number of furan rings is 1. The molecule has 0 spiro atoms. The Balaban J connectivity index is 1.62. The fourth-order valence-electron chi connectivity index (χ4n) is 2.09. The molecular weight excluding hydrogens is 336 g/mol. The molecule has 6 nitrogen and oxygen atoms in total. The molecule has 0 aliphatic carbocycles. The summed E-state index contributed by atoms with van der Waals surface area (Å²) in [4.78, 5) is 17.2. The molecule has 0 bridgehead atoms. The molecule has 1 amide bonds. The van der Waals surface area contributed by atoms with Crippen LogP contribution in [0.4, 0.5) is 0 Å². The largest absolute Gasteiger partial charge is 0.459 e. The molecule has 134 valence electrons. The van der Waals surface area contributed by atoms with Crippen LogP contribution in [0, 0.1) is 0 Å². The molecule has 0 radical (unpaired) electrons. The number of carbonyl (C=O) groups is 1. The summed E-state index contributed by atoms with van der Waals surface area (Å²) in [5.74, 6) is 0.810. The zero-order valence-corrected chi connectivity index (χ0v) is 15.3. The van der Waals surface area contributed by atoms with Crippen LogP contribution >= 0.6 is 11.8 Å². The highest BCUT2D eigenvalue weighted by Gasteiger charge is 2.08. The number of nitrogens with zero attached hydrogens (tertiary/aromatic N) is 1. The van der Waals surface area contributed by atoms with Crippen LogP contribution in [0.25, 0.3) is 0 Å². The van der Waals surface area contributed by atoms with E-state index in [2.05, 4.69) is 40.0 Å². The number of amides is 1. The minimum Gasteiger partial charge on any atom is -0.459 e. The van der Waals surface area contributed by atoms with Gasteiger partial charge in [0.15, 0.2) is 11.7 Å². The van der Waals surface area contributed by atoms with E-state index in [-0.39, 0.29) is 5.91 Å². The van der Waals surface area contributed by atoms with Crippen molar-refractivity contribution in [3.05, 3.63) is 54.5 Å². The number of rotatable bonds is 8. The van der Waals surface area contributed by atoms with Gasteiger partial charge in [0.25, 0.3) is 5.91 Å². The Hall–Kier alpha value is -2.41. The topological polar surface area (TPSA) is 78.7 Å². The van der Waals surface area contributed by atoms with Crippen molar-refractivity contribution < 1.29 is 9.21 Å². The Labute approximate surface area is 152 Å². The minimum atomic E-state index is -0.220. The summed E-state index contributed by atoms with van der Waals surface area (Å²) < 4.78 is 5.04. The van der Waals surface area contributed by atoms with Crippen molar-refractivity contribution >= 4 is 23.6 Å². The number of guanidine groups is 1. The predicted octanol–water partition coefficient (Wildman–Crippen LogP) is 2.36. The highest BCUT2D eigenvalue weighted by Crippen LogP contribution is 2.21. The molecule has 1 aromatic heterocycles. The standard InChI is InChI=1S/C18H24N4O2S/c1-14(25-15-7-4-3-5-8-15)13-22-18(19-2)21-11-10-20-17(23)16-9-6-12-24-16/h3-9,12,14H,10-11,13H2,1-2H3,(H,20,23)(H2,19,21,22). The van der Waals surface area contributed by atoms with Crippen LogP contribution in [0.3, 0.4) is 0 Å². The Morgan fingerprint density at radius 2 is 1.88 bits per heavy atom. The Morgan fingerprint density at radius 1 is 1.12 bits per heavy atom. The molecule has 0 saturated carbocycles. The van der Waals surface area contributed by atoms with E-state index in [4.69, 9.17) is 4.42 Å². The lowest BCUT2D eigenvalue weighted by Crippen LogP contribution is -2.43. The maximum absolute atomic E-state index is 11.7. The van der Waals surface area contributed by atoms with E-state index in [9.17, 15) is 4.79 Å². The number of nitrogens with one attached hydrogen (secondary N) is 3. The molecule has 2 aromatic rings. The molecule has 3 N–H and O–H groups in total. The normalized spacial score (nSPS) is 12.5. The smallest absolute Gasteiger partial charge is 0.287 e. The summed E-state index contributed by atoms with van der Waals surface area (Å²) in [6.07, 6.45) is 1.48. The van der Waals surface area contributed by atoms with E-state index in [1.807, 2.05) is 30.0 Å². The third-order valence-corrected chi connectivity index (χ3v) is 4.42. The van der Waals surface area contributed by atoms with Crippen LogP contribution in [-0.4, -0.2) is 43.8 Å². The lowest BCUT2D eigenvalue weighted by molar-refractivity contribution is 0.0926. The van der Waals surface area contributed by atoms with E-state index in [0.717, 1.165) is 6.54 Å². The van der Waals surface area contributed by atoms with Gasteiger partial charge in [0.05, 0.1) is 6.26 Å². The zero-order chi connectivity index (χ0) is 17.9. The Morgan fingerprint density at radius 3 is 2.56 bits per heavy atom. The molecule has 1 aromatic carbocycles. The monoisotopic (exact) mass is 360 g/mol. The summed E-state index contributed by atoms with van der Waals surface area (Å²) in [5, 5.41) is 9.65. The van der Waals surface area contributed by atoms with Crippen LogP contribution in [0.2, 0.25) is 0 Å². The molecular formula is C18H24N4O2S. The van der Waals surface area contributed by atoms with Crippen LogP contribution in [0.15, 0.2) is 63.0 Å². The maximum Gasteiger partial charge on any atom is 0.287 e. The van der Waals surface area contributed by atoms with Gasteiger partial charge in [-0.3, -0.25) is 9.79 Å². The third kappa shape index (κ3) is 6.93. The molecule has 1 unspecified atom stereocenters. The lowest BCUT2D eigenvalue weighted by Gasteiger charge is -2.16. The number of carbonyl (C=O) groups excluding carboxylic acids is 1. The van der Waals surface area contributed by atoms with Gasteiger partial charge >= 0.3 is 0 Å². The molecule has 1 heterocycles.